The Balaban J connectivity index is 1.31. The molecule has 5 nitrogen and oxygen atoms in total. The number of fused-ring (bicyclic) bond motifs is 1. The third-order valence-corrected chi connectivity index (χ3v) is 5.14. The predicted octanol–water partition coefficient (Wildman–Crippen LogP) is 4.09. The molecule has 2 N–H and O–H groups in total. The molecule has 0 radical (unpaired) electrons. The Morgan fingerprint density at radius 3 is 3.04 bits per heavy atom. The molecule has 0 bridgehead atoms. The van der Waals surface area contributed by atoms with Crippen LogP contribution >= 0.6 is 11.3 Å². The van der Waals surface area contributed by atoms with Crippen LogP contribution in [0.4, 0.5) is 0 Å². The number of hydrogen-bond acceptors (Lipinski definition) is 6. The highest BCUT2D eigenvalue weighted by Gasteiger charge is 2.10. The van der Waals surface area contributed by atoms with E-state index in [1.165, 1.54) is 0 Å². The summed E-state index contributed by atoms with van der Waals surface area (Å²) in [5.74, 6) is 0.735. The first-order valence-corrected chi connectivity index (χ1v) is 9.63. The molecule has 0 aliphatic rings. The molecule has 0 aliphatic heterocycles. The smallest absolute Gasteiger partial charge is 0.120 e. The molecule has 1 aromatic carbocycles. The molecule has 1 atom stereocenters. The number of hydrogen-bond donors (Lipinski definition) is 2. The van der Waals surface area contributed by atoms with Crippen LogP contribution in [-0.2, 0) is 6.54 Å². The van der Waals surface area contributed by atoms with Gasteiger partial charge in [0.25, 0.3) is 0 Å². The number of rotatable bonds is 8. The van der Waals surface area contributed by atoms with E-state index in [0.29, 0.717) is 13.1 Å². The Hall–Kier alpha value is -2.67. The molecule has 6 heteroatoms. The van der Waals surface area contributed by atoms with Crippen molar-refractivity contribution in [2.24, 2.45) is 0 Å². The normalized spacial score (nSPS) is 12.3. The van der Waals surface area contributed by atoms with E-state index in [9.17, 15) is 5.11 Å². The number of furan rings is 1. The maximum absolute atomic E-state index is 10.1. The monoisotopic (exact) mass is 380 g/mol. The van der Waals surface area contributed by atoms with Crippen molar-refractivity contribution in [3.8, 4) is 16.9 Å². The lowest BCUT2D eigenvalue weighted by Gasteiger charge is -2.13. The third-order valence-electron chi connectivity index (χ3n) is 4.22. The van der Waals surface area contributed by atoms with E-state index >= 15 is 0 Å². The maximum atomic E-state index is 10.1. The van der Waals surface area contributed by atoms with Crippen molar-refractivity contribution in [2.75, 3.05) is 13.2 Å². The Labute approximate surface area is 161 Å². The number of nitrogens with one attached hydrogen (secondary N) is 1. The first-order chi connectivity index (χ1) is 13.3. The van der Waals surface area contributed by atoms with E-state index in [-0.39, 0.29) is 6.61 Å². The van der Waals surface area contributed by atoms with Crippen LogP contribution in [0.15, 0.2) is 71.0 Å². The Kier molecular flexibility index (Phi) is 5.48. The van der Waals surface area contributed by atoms with Gasteiger partial charge in [-0.15, -0.1) is 11.3 Å². The fraction of sp³-hybridized carbons (Fsp3) is 0.190. The summed E-state index contributed by atoms with van der Waals surface area (Å²) < 4.78 is 12.2. The topological polar surface area (TPSA) is 67.5 Å². The van der Waals surface area contributed by atoms with E-state index < -0.39 is 6.10 Å². The van der Waals surface area contributed by atoms with E-state index in [1.807, 2.05) is 42.5 Å². The van der Waals surface area contributed by atoms with Gasteiger partial charge in [0.05, 0.1) is 16.7 Å². The van der Waals surface area contributed by atoms with Crippen molar-refractivity contribution in [1.82, 2.24) is 10.3 Å². The molecule has 4 aromatic rings. The largest absolute Gasteiger partial charge is 0.491 e. The second-order valence-electron chi connectivity index (χ2n) is 6.24. The number of aliphatic hydroxyl groups excluding tert-OH is 1. The zero-order valence-electron chi connectivity index (χ0n) is 14.7. The second-order valence-corrected chi connectivity index (χ2v) is 7.15. The summed E-state index contributed by atoms with van der Waals surface area (Å²) in [6, 6.07) is 13.7. The van der Waals surface area contributed by atoms with Gasteiger partial charge in [-0.25, -0.2) is 0 Å². The van der Waals surface area contributed by atoms with Crippen molar-refractivity contribution >= 4 is 21.4 Å². The van der Waals surface area contributed by atoms with Gasteiger partial charge in [-0.05, 0) is 29.8 Å². The van der Waals surface area contributed by atoms with Gasteiger partial charge in [-0.2, -0.15) is 0 Å². The van der Waals surface area contributed by atoms with E-state index in [4.69, 9.17) is 9.15 Å². The van der Waals surface area contributed by atoms with Gasteiger partial charge in [0.2, 0.25) is 0 Å². The van der Waals surface area contributed by atoms with Crippen LogP contribution < -0.4 is 10.1 Å². The Bertz CT molecular complexity index is 997. The van der Waals surface area contributed by atoms with Gasteiger partial charge < -0.3 is 19.6 Å². The maximum Gasteiger partial charge on any atom is 0.120 e. The number of ether oxygens (including phenoxy) is 1. The summed E-state index contributed by atoms with van der Waals surface area (Å²) in [5.41, 5.74) is 3.15. The first kappa shape index (κ1) is 17.7. The van der Waals surface area contributed by atoms with Crippen LogP contribution in [0.25, 0.3) is 21.2 Å². The molecule has 0 aliphatic carbocycles. The van der Waals surface area contributed by atoms with Gasteiger partial charge in [-0.1, -0.05) is 18.2 Å². The average Bonchev–Trinajstić information content (AvgIpc) is 3.31. The molecule has 0 spiro atoms. The van der Waals surface area contributed by atoms with Crippen LogP contribution in [0.3, 0.4) is 0 Å². The zero-order valence-corrected chi connectivity index (χ0v) is 15.5. The highest BCUT2D eigenvalue weighted by molar-refractivity contribution is 7.17. The number of aliphatic hydroxyl groups is 1. The molecule has 27 heavy (non-hydrogen) atoms. The van der Waals surface area contributed by atoms with Crippen LogP contribution in [0.2, 0.25) is 0 Å². The summed E-state index contributed by atoms with van der Waals surface area (Å²) in [6.45, 7) is 1.28. The molecule has 138 valence electrons. The van der Waals surface area contributed by atoms with Crippen LogP contribution in [0.5, 0.6) is 5.75 Å². The first-order valence-electron chi connectivity index (χ1n) is 8.75. The second kappa shape index (κ2) is 8.35. The molecular weight excluding hydrogens is 360 g/mol. The van der Waals surface area contributed by atoms with Crippen molar-refractivity contribution < 1.29 is 14.3 Å². The van der Waals surface area contributed by atoms with Crippen molar-refractivity contribution in [1.29, 1.82) is 0 Å². The summed E-state index contributed by atoms with van der Waals surface area (Å²) in [7, 11) is 0. The lowest BCUT2D eigenvalue weighted by molar-refractivity contribution is 0.106. The molecule has 0 saturated heterocycles. The van der Waals surface area contributed by atoms with E-state index in [1.54, 1.807) is 30.1 Å². The van der Waals surface area contributed by atoms with Crippen molar-refractivity contribution in [3.63, 3.8) is 0 Å². The van der Waals surface area contributed by atoms with Crippen LogP contribution in [0.1, 0.15) is 5.69 Å². The Morgan fingerprint density at radius 1 is 1.19 bits per heavy atom. The summed E-state index contributed by atoms with van der Waals surface area (Å²) >= 11 is 1.66. The molecule has 0 amide bonds. The molecule has 4 rings (SSSR count). The fourth-order valence-corrected chi connectivity index (χ4v) is 3.76. The fourth-order valence-electron chi connectivity index (χ4n) is 2.86. The predicted molar refractivity (Wildman–Crippen MR) is 107 cm³/mol. The zero-order chi connectivity index (χ0) is 18.5. The van der Waals surface area contributed by atoms with Crippen molar-refractivity contribution in [2.45, 2.75) is 12.6 Å². The molecule has 0 fully saturated rings. The van der Waals surface area contributed by atoms with E-state index in [0.717, 1.165) is 32.7 Å². The number of nitrogens with zero attached hydrogens (tertiary/aromatic N) is 1. The molecule has 3 aromatic heterocycles. The van der Waals surface area contributed by atoms with Gasteiger partial charge in [0.15, 0.2) is 0 Å². The van der Waals surface area contributed by atoms with Gasteiger partial charge in [0.1, 0.15) is 24.7 Å². The average molecular weight is 380 g/mol. The third kappa shape index (κ3) is 4.36. The standard InChI is InChI=1S/C21H20N2O3S/c24-17(10-22-9-16-5-1-2-7-23-16)11-26-18-6-3-4-15(8-18)20-14-27-21-13-25-12-19(20)21/h1-8,12-14,17,22,24H,9-11H2/t17-/m1/s1. The minimum atomic E-state index is -0.598. The number of benzene rings is 1. The lowest BCUT2D eigenvalue weighted by Crippen LogP contribution is -2.31. The Morgan fingerprint density at radius 2 is 2.15 bits per heavy atom. The minimum absolute atomic E-state index is 0.226. The van der Waals surface area contributed by atoms with Crippen molar-refractivity contribution in [3.05, 3.63) is 72.3 Å². The lowest BCUT2D eigenvalue weighted by atomic mass is 10.1. The molecule has 0 saturated carbocycles. The summed E-state index contributed by atoms with van der Waals surface area (Å²) in [4.78, 5) is 4.24. The highest BCUT2D eigenvalue weighted by Crippen LogP contribution is 2.35. The van der Waals surface area contributed by atoms with Gasteiger partial charge in [0, 0.05) is 35.6 Å². The summed E-state index contributed by atoms with van der Waals surface area (Å²) in [5, 5.41) is 16.6. The van der Waals surface area contributed by atoms with Crippen LogP contribution in [-0.4, -0.2) is 29.3 Å². The van der Waals surface area contributed by atoms with Crippen LogP contribution in [0, 0.1) is 0 Å². The molecular formula is C21H20N2O3S. The summed E-state index contributed by atoms with van der Waals surface area (Å²) in [6.07, 6.45) is 4.69. The molecule has 0 unspecified atom stereocenters. The number of thiophene rings is 1. The quantitative estimate of drug-likeness (QED) is 0.482. The van der Waals surface area contributed by atoms with Gasteiger partial charge >= 0.3 is 0 Å². The SMILES string of the molecule is O[C@H](CNCc1ccccn1)COc1cccc(-c2csc3cocc23)c1. The number of pyridine rings is 1. The molecule has 3 heterocycles. The number of aromatic nitrogens is 1. The van der Waals surface area contributed by atoms with Gasteiger partial charge in [-0.3, -0.25) is 4.98 Å². The minimum Gasteiger partial charge on any atom is -0.491 e. The highest BCUT2D eigenvalue weighted by atomic mass is 32.1. The van der Waals surface area contributed by atoms with E-state index in [2.05, 4.69) is 15.7 Å².